The fourth-order valence-electron chi connectivity index (χ4n) is 0.236. The molecular weight excluding hydrogens is 156 g/mol. The molecule has 0 saturated heterocycles. The average molecular weight is 186 g/mol. The summed E-state index contributed by atoms with van der Waals surface area (Å²) in [6, 6.07) is 0. The van der Waals surface area contributed by atoms with Gasteiger partial charge >= 0.3 is 0 Å². The second-order valence-corrected chi connectivity index (χ2v) is 1.64. The van der Waals surface area contributed by atoms with Crippen LogP contribution in [0.4, 0.5) is 0 Å². The van der Waals surface area contributed by atoms with Crippen molar-refractivity contribution in [2.24, 2.45) is 0 Å². The molecule has 0 aliphatic heterocycles. The summed E-state index contributed by atoms with van der Waals surface area (Å²) in [4.78, 5) is 0. The van der Waals surface area contributed by atoms with Gasteiger partial charge in [-0.05, 0) is 27.2 Å². The lowest BCUT2D eigenvalue weighted by molar-refractivity contribution is 1.22. The van der Waals surface area contributed by atoms with Crippen molar-refractivity contribution in [1.29, 1.82) is 0 Å². The summed E-state index contributed by atoms with van der Waals surface area (Å²) in [7, 11) is 0. The van der Waals surface area contributed by atoms with Crippen LogP contribution in [0.5, 0.6) is 0 Å². The molecule has 0 unspecified atom stereocenters. The molecule has 0 aromatic carbocycles. The van der Waals surface area contributed by atoms with Crippen molar-refractivity contribution >= 4 is 0 Å². The Hall–Kier alpha value is -0.520. The molecule has 13 heavy (non-hydrogen) atoms. The first-order chi connectivity index (χ1) is 6.33. The first kappa shape index (κ1) is 22.9. The summed E-state index contributed by atoms with van der Waals surface area (Å²) >= 11 is 0. The van der Waals surface area contributed by atoms with Gasteiger partial charge in [0.1, 0.15) is 0 Å². The maximum absolute atomic E-state index is 2.12. The van der Waals surface area contributed by atoms with Crippen LogP contribution in [0.3, 0.4) is 0 Å². The molecule has 0 saturated carbocycles. The summed E-state index contributed by atoms with van der Waals surface area (Å²) in [6.07, 6.45) is 9.34. The van der Waals surface area contributed by atoms with Crippen LogP contribution in [0.15, 0.2) is 24.3 Å². The van der Waals surface area contributed by atoms with Crippen LogP contribution in [-0.2, 0) is 0 Å². The Morgan fingerprint density at radius 1 is 0.692 bits per heavy atom. The quantitative estimate of drug-likeness (QED) is 0.467. The van der Waals surface area contributed by atoms with Crippen LogP contribution in [0.25, 0.3) is 0 Å². The Kier molecular flexibility index (Phi) is 111. The van der Waals surface area contributed by atoms with Crippen LogP contribution in [0.2, 0.25) is 0 Å². The Morgan fingerprint density at radius 2 is 1.00 bits per heavy atom. The molecule has 0 nitrogen and oxygen atoms in total. The Balaban J connectivity index is -0.0000000457. The number of hydrogen-bond acceptors (Lipinski definition) is 0. The molecule has 0 amide bonds. The number of allylic oxidation sites excluding steroid dienone is 4. The zero-order valence-corrected chi connectivity index (χ0v) is 11.0. The van der Waals surface area contributed by atoms with Crippen molar-refractivity contribution in [3.8, 4) is 0 Å². The van der Waals surface area contributed by atoms with Gasteiger partial charge in [0.15, 0.2) is 0 Å². The summed E-state index contributed by atoms with van der Waals surface area (Å²) < 4.78 is 0. The normalized spacial score (nSPS) is 7.69. The Bertz CT molecular complexity index is 64.1. The minimum absolute atomic E-state index is 1.16. The van der Waals surface area contributed by atoms with E-state index in [9.17, 15) is 0 Å². The molecule has 0 aliphatic carbocycles. The van der Waals surface area contributed by atoms with Crippen molar-refractivity contribution in [3.05, 3.63) is 24.3 Å². The molecular formula is C13H30. The fourth-order valence-corrected chi connectivity index (χ4v) is 0.236. The van der Waals surface area contributed by atoms with Gasteiger partial charge in [-0.1, -0.05) is 58.9 Å². The largest absolute Gasteiger partial charge is 0.0919 e. The molecule has 0 aliphatic rings. The topological polar surface area (TPSA) is 0 Å². The third-order valence-electron chi connectivity index (χ3n) is 0.805. The van der Waals surface area contributed by atoms with E-state index < -0.39 is 0 Å². The van der Waals surface area contributed by atoms with E-state index in [4.69, 9.17) is 0 Å². The monoisotopic (exact) mass is 186 g/mol. The SMILES string of the molecule is C/C=C\C.C/C=C\CC.CC.CC. The van der Waals surface area contributed by atoms with Crippen molar-refractivity contribution in [2.75, 3.05) is 0 Å². The Labute approximate surface area is 86.8 Å². The zero-order valence-electron chi connectivity index (χ0n) is 11.0. The summed E-state index contributed by atoms with van der Waals surface area (Å²) in [6.45, 7) is 16.2. The van der Waals surface area contributed by atoms with E-state index in [1.165, 1.54) is 0 Å². The maximum Gasteiger partial charge on any atom is -0.0379 e. The molecule has 0 heteroatoms. The van der Waals surface area contributed by atoms with Gasteiger partial charge in [0.25, 0.3) is 0 Å². The number of hydrogen-bond donors (Lipinski definition) is 0. The summed E-state index contributed by atoms with van der Waals surface area (Å²) in [5.74, 6) is 0. The van der Waals surface area contributed by atoms with Crippen molar-refractivity contribution in [2.45, 2.75) is 61.8 Å². The lowest BCUT2D eigenvalue weighted by Crippen LogP contribution is -1.43. The third kappa shape index (κ3) is 168. The molecule has 0 heterocycles. The molecule has 0 aromatic rings. The van der Waals surface area contributed by atoms with E-state index in [1.54, 1.807) is 0 Å². The molecule has 0 radical (unpaired) electrons. The second-order valence-electron chi connectivity index (χ2n) is 1.64. The maximum atomic E-state index is 2.12. The van der Waals surface area contributed by atoms with Gasteiger partial charge in [0.2, 0.25) is 0 Å². The van der Waals surface area contributed by atoms with Gasteiger partial charge in [-0.3, -0.25) is 0 Å². The van der Waals surface area contributed by atoms with Crippen LogP contribution in [0, 0.1) is 0 Å². The van der Waals surface area contributed by atoms with Crippen LogP contribution in [-0.4, -0.2) is 0 Å². The van der Waals surface area contributed by atoms with Crippen molar-refractivity contribution < 1.29 is 0 Å². The summed E-state index contributed by atoms with van der Waals surface area (Å²) in [5.41, 5.74) is 0. The highest BCUT2D eigenvalue weighted by molar-refractivity contribution is 4.73. The highest BCUT2D eigenvalue weighted by atomic mass is 13.6. The predicted octanol–water partition coefficient (Wildman–Crippen LogP) is 5.61. The smallest absolute Gasteiger partial charge is 0.0379 e. The molecule has 0 bridgehead atoms. The molecule has 0 rings (SSSR count). The van der Waals surface area contributed by atoms with Crippen LogP contribution < -0.4 is 0 Å². The van der Waals surface area contributed by atoms with E-state index >= 15 is 0 Å². The minimum atomic E-state index is 1.16. The zero-order chi connectivity index (χ0) is 11.5. The van der Waals surface area contributed by atoms with Crippen LogP contribution >= 0.6 is 0 Å². The van der Waals surface area contributed by atoms with Gasteiger partial charge in [0.05, 0.1) is 0 Å². The first-order valence-electron chi connectivity index (χ1n) is 5.51. The van der Waals surface area contributed by atoms with Gasteiger partial charge in [-0.15, -0.1) is 0 Å². The third-order valence-corrected chi connectivity index (χ3v) is 0.805. The van der Waals surface area contributed by atoms with Crippen LogP contribution in [0.1, 0.15) is 61.8 Å². The van der Waals surface area contributed by atoms with Gasteiger partial charge < -0.3 is 0 Å². The highest BCUT2D eigenvalue weighted by Crippen LogP contribution is 1.73. The standard InChI is InChI=1S/C5H10.C4H8.2C2H6/c1-3-5-4-2;1-3-4-2;2*1-2/h3,5H,4H2,1-2H3;3-4H,1-2H3;2*1-2H3/b5-3-;4-3-;;. The van der Waals surface area contributed by atoms with Crippen molar-refractivity contribution in [3.63, 3.8) is 0 Å². The lowest BCUT2D eigenvalue weighted by atomic mass is 10.4. The molecule has 82 valence electrons. The van der Waals surface area contributed by atoms with Gasteiger partial charge in [-0.25, -0.2) is 0 Å². The minimum Gasteiger partial charge on any atom is -0.0919 e. The average Bonchev–Trinajstić information content (AvgIpc) is 2.25. The van der Waals surface area contributed by atoms with E-state index in [2.05, 4.69) is 19.1 Å². The van der Waals surface area contributed by atoms with Crippen molar-refractivity contribution in [1.82, 2.24) is 0 Å². The molecule has 0 fully saturated rings. The van der Waals surface area contributed by atoms with E-state index in [0.29, 0.717) is 0 Å². The Morgan fingerprint density at radius 3 is 1.00 bits per heavy atom. The van der Waals surface area contributed by atoms with E-state index in [-0.39, 0.29) is 0 Å². The van der Waals surface area contributed by atoms with E-state index in [1.807, 2.05) is 60.6 Å². The van der Waals surface area contributed by atoms with Gasteiger partial charge in [-0.2, -0.15) is 0 Å². The van der Waals surface area contributed by atoms with Gasteiger partial charge in [0, 0.05) is 0 Å². The van der Waals surface area contributed by atoms with E-state index in [0.717, 1.165) is 6.42 Å². The molecule has 0 N–H and O–H groups in total. The fraction of sp³-hybridized carbons (Fsp3) is 0.692. The second kappa shape index (κ2) is 62.8. The summed E-state index contributed by atoms with van der Waals surface area (Å²) in [5, 5.41) is 0. The number of rotatable bonds is 1. The molecule has 0 atom stereocenters. The molecule has 0 aromatic heterocycles. The predicted molar refractivity (Wildman–Crippen MR) is 68.3 cm³/mol. The lowest BCUT2D eigenvalue weighted by Gasteiger charge is -1.65. The highest BCUT2D eigenvalue weighted by Gasteiger charge is 1.52. The molecule has 0 spiro atoms. The first-order valence-corrected chi connectivity index (χ1v) is 5.51.